The van der Waals surface area contributed by atoms with Crippen molar-refractivity contribution >= 4 is 17.1 Å². The van der Waals surface area contributed by atoms with Crippen LogP contribution < -0.4 is 4.90 Å². The molecule has 0 amide bonds. The summed E-state index contributed by atoms with van der Waals surface area (Å²) in [7, 11) is 0. The van der Waals surface area contributed by atoms with Crippen molar-refractivity contribution in [3.8, 4) is 44.5 Å². The number of hydrogen-bond donors (Lipinski definition) is 0. The van der Waals surface area contributed by atoms with E-state index in [2.05, 4.69) is 0 Å². The van der Waals surface area contributed by atoms with Crippen LogP contribution in [0.15, 0.2) is 187 Å². The van der Waals surface area contributed by atoms with Gasteiger partial charge in [0.25, 0.3) is 0 Å². The van der Waals surface area contributed by atoms with Gasteiger partial charge in [-0.1, -0.05) is 171 Å². The van der Waals surface area contributed by atoms with Gasteiger partial charge in [-0.3, -0.25) is 0 Å². The first-order chi connectivity index (χ1) is 41.5. The average molecular weight is 713 g/mol. The molecule has 1 heteroatoms. The van der Waals surface area contributed by atoms with E-state index in [1.54, 1.807) is 0 Å². The molecule has 11 rings (SSSR count). The molecule has 0 fully saturated rings. The number of nitrogens with zero attached hydrogens (tertiary/aromatic N) is 1. The fourth-order valence-corrected chi connectivity index (χ4v) is 7.32. The fourth-order valence-electron chi connectivity index (χ4n) is 7.32. The monoisotopic (exact) mass is 713 g/mol. The first-order valence-corrected chi connectivity index (χ1v) is 15.7. The number of benzene rings is 8. The molecule has 0 aromatic heterocycles. The largest absolute Gasteiger partial charge is 0.310 e. The molecule has 3 aliphatic carbocycles. The van der Waals surface area contributed by atoms with Crippen molar-refractivity contribution in [2.45, 2.75) is 24.5 Å². The Labute approximate surface area is 363 Å². The van der Waals surface area contributed by atoms with Crippen LogP contribution in [-0.4, -0.2) is 0 Å². The van der Waals surface area contributed by atoms with Crippen LogP contribution in [0.2, 0.25) is 0 Å². The molecule has 0 atom stereocenters. The third-order valence-corrected chi connectivity index (χ3v) is 9.44. The molecule has 0 aliphatic heterocycles. The van der Waals surface area contributed by atoms with E-state index in [0.717, 1.165) is 0 Å². The molecule has 8 aromatic carbocycles. The summed E-state index contributed by atoms with van der Waals surface area (Å²) in [6.07, 6.45) is 0. The fraction of sp³-hybridized carbons (Fsp3) is 0.0769. The highest BCUT2D eigenvalue weighted by atomic mass is 15.1. The summed E-state index contributed by atoms with van der Waals surface area (Å²) in [5.74, 6) is 0. The molecule has 0 bridgehead atoms. The van der Waals surface area contributed by atoms with Gasteiger partial charge in [-0.15, -0.1) is 0 Å². The van der Waals surface area contributed by atoms with Crippen LogP contribution in [0, 0.1) is 0 Å². The van der Waals surface area contributed by atoms with Crippen molar-refractivity contribution in [2.24, 2.45) is 0 Å². The first kappa shape index (κ1) is 11.0. The second-order valence-electron chi connectivity index (χ2n) is 12.0. The molecule has 1 nitrogen and oxygen atoms in total. The van der Waals surface area contributed by atoms with Gasteiger partial charge in [0, 0.05) is 30.6 Å². The van der Waals surface area contributed by atoms with Gasteiger partial charge < -0.3 is 4.90 Å². The molecule has 0 saturated carbocycles. The summed E-state index contributed by atoms with van der Waals surface area (Å²) < 4.78 is 344. The van der Waals surface area contributed by atoms with E-state index in [4.69, 9.17) is 27.4 Å². The zero-order chi connectivity index (χ0) is 67.3. The molecule has 53 heavy (non-hydrogen) atoms. The Balaban J connectivity index is 1.50. The highest BCUT2D eigenvalue weighted by Crippen LogP contribution is 2.63. The normalized spacial score (nSPS) is 24.9. The number of hydrogen-bond acceptors (Lipinski definition) is 1. The lowest BCUT2D eigenvalue weighted by molar-refractivity contribution is 0.660. The highest BCUT2D eigenvalue weighted by Gasteiger charge is 2.51. The highest BCUT2D eigenvalue weighted by molar-refractivity contribution is 5.97. The van der Waals surface area contributed by atoms with Crippen molar-refractivity contribution in [2.75, 3.05) is 4.90 Å². The molecule has 0 N–H and O–H groups in total. The van der Waals surface area contributed by atoms with Crippen LogP contribution in [0.3, 0.4) is 0 Å². The van der Waals surface area contributed by atoms with Crippen LogP contribution in [0.25, 0.3) is 44.5 Å². The molecule has 0 saturated heterocycles. The third kappa shape index (κ3) is 4.02. The summed E-state index contributed by atoms with van der Waals surface area (Å²) >= 11 is 0. The van der Waals surface area contributed by atoms with E-state index in [-0.39, 0.29) is 4.90 Å². The predicted octanol–water partition coefficient (Wildman–Crippen LogP) is 13.5. The van der Waals surface area contributed by atoms with Gasteiger partial charge >= 0.3 is 0 Å². The van der Waals surface area contributed by atoms with Gasteiger partial charge in [0.1, 0.15) is 0 Å². The molecule has 8 aromatic rings. The summed E-state index contributed by atoms with van der Waals surface area (Å²) in [4.78, 5) is 0.130. The lowest BCUT2D eigenvalue weighted by atomic mass is 9.70. The number of para-hydroxylation sites is 1. The van der Waals surface area contributed by atoms with E-state index < -0.39 is 307 Å². The van der Waals surface area contributed by atoms with Crippen molar-refractivity contribution in [3.63, 3.8) is 0 Å². The minimum Gasteiger partial charge on any atom is -0.310 e. The molecule has 3 aliphatic rings. The Morgan fingerprint density at radius 2 is 0.792 bits per heavy atom. The lowest BCUT2D eigenvalue weighted by Gasteiger charge is -2.33. The van der Waals surface area contributed by atoms with E-state index in [0.29, 0.717) is 0 Å². The average Bonchev–Trinajstić information content (AvgIpc) is 1.49. The van der Waals surface area contributed by atoms with Gasteiger partial charge in [0.15, 0.2) is 0 Å². The van der Waals surface area contributed by atoms with Crippen LogP contribution in [0.4, 0.5) is 17.1 Å². The Kier molecular flexibility index (Phi) is 2.30. The predicted molar refractivity (Wildman–Crippen MR) is 220 cm³/mol. The molecule has 0 heterocycles. The standard InChI is InChI=1S/C52H37N/c1-51(2)44-23-11-6-19-38(44)42-30-28-35(32-48(42)51)53(50-27-15-10-18-37(50)34-16-4-3-5-17-34)36-29-31-43-41-22-9-14-26-47(41)52(49(43)33-36)45-24-12-7-20-39(45)40-21-8-13-25-46(40)52/h3-33H,1-2H3/i1D3,2D3,3D,4D,5D,6D,7D,8D,9D,10D,11D,12D,13D,14D,15D,16D,17D,18D,19D,20D,21D,22D,23D,24D,25D,26D,27D,28D,29D,30D,31D,32D,33D. The van der Waals surface area contributed by atoms with E-state index in [1.165, 1.54) is 0 Å². The Morgan fingerprint density at radius 1 is 0.377 bits per heavy atom. The SMILES string of the molecule is [2H]c1c([2H])c([2H])c(-c2c([2H])c([2H])c([2H])c([2H])c2N(c2c([2H])c([2H])c3c(c2[2H])C2(c4c([2H])c([2H])c([2H])c([2H])c4-c4c([2H])c([2H])c([2H])c([2H])c42)c2c([2H])c([2H])c([2H])c([2H])c2-3)c2c([2H])c([2H])c3c(c2[2H])C(C([2H])([2H])[2H])(C([2H])([2H])[2H])c2c([2H])c([2H])c([2H])c([2H])c2-3)c([2H])c1[2H]. The number of anilines is 3. The minimum absolute atomic E-state index is 0.130. The van der Waals surface area contributed by atoms with Crippen LogP contribution in [-0.2, 0) is 10.8 Å². The first-order valence-electron chi connectivity index (χ1n) is 34.2. The second-order valence-corrected chi connectivity index (χ2v) is 12.0. The van der Waals surface area contributed by atoms with Gasteiger partial charge in [-0.2, -0.15) is 0 Å². The van der Waals surface area contributed by atoms with Crippen LogP contribution in [0.5, 0.6) is 0 Å². The number of fused-ring (bicyclic) bond motifs is 13. The molecule has 1 spiro atoms. The summed E-state index contributed by atoms with van der Waals surface area (Å²) in [6.45, 7) is -8.28. The molecule has 250 valence electrons. The van der Waals surface area contributed by atoms with E-state index in [1.807, 2.05) is 0 Å². The molecular formula is C52H37N. The smallest absolute Gasteiger partial charge is 0.0726 e. The lowest BCUT2D eigenvalue weighted by Crippen LogP contribution is -2.26. The molecule has 0 unspecified atom stereocenters. The van der Waals surface area contributed by atoms with Crippen LogP contribution in [0.1, 0.15) is 97.8 Å². The van der Waals surface area contributed by atoms with E-state index >= 15 is 0 Å². The molecule has 0 radical (unpaired) electrons. The Hall–Kier alpha value is -6.44. The van der Waals surface area contributed by atoms with Crippen molar-refractivity contribution in [1.82, 2.24) is 0 Å². The van der Waals surface area contributed by atoms with Crippen molar-refractivity contribution in [1.29, 1.82) is 0 Å². The van der Waals surface area contributed by atoms with Crippen LogP contribution >= 0.6 is 0 Å². The zero-order valence-corrected chi connectivity index (χ0v) is 26.4. The Morgan fingerprint density at radius 3 is 1.36 bits per heavy atom. The molecular weight excluding hydrogens is 639 g/mol. The summed E-state index contributed by atoms with van der Waals surface area (Å²) in [6, 6.07) is -38.3. The second kappa shape index (κ2) is 11.0. The minimum atomic E-state index is -4.14. The maximum Gasteiger partial charge on any atom is 0.0726 e. The van der Waals surface area contributed by atoms with Crippen molar-refractivity contribution < 1.29 is 50.7 Å². The Bertz CT molecular complexity index is 4620. The quantitative estimate of drug-likeness (QED) is 0.176. The van der Waals surface area contributed by atoms with Gasteiger partial charge in [-0.25, -0.2) is 0 Å². The van der Waals surface area contributed by atoms with E-state index in [9.17, 15) is 23.3 Å². The van der Waals surface area contributed by atoms with Crippen molar-refractivity contribution in [3.05, 3.63) is 221 Å². The topological polar surface area (TPSA) is 3.24 Å². The maximum atomic E-state index is 10.8. The van der Waals surface area contributed by atoms with Gasteiger partial charge in [0.2, 0.25) is 0 Å². The van der Waals surface area contributed by atoms with Gasteiger partial charge in [0.05, 0.1) is 53.6 Å². The zero-order valence-electron chi connectivity index (χ0n) is 63.4. The summed E-state index contributed by atoms with van der Waals surface area (Å²) in [5, 5.41) is 0. The summed E-state index contributed by atoms with van der Waals surface area (Å²) in [5.41, 5.74) is -25.6. The maximum absolute atomic E-state index is 10.8. The third-order valence-electron chi connectivity index (χ3n) is 9.44. The van der Waals surface area contributed by atoms with Gasteiger partial charge in [-0.05, 0) is 103 Å². The number of rotatable bonds is 4.